The molecule has 2 N–H and O–H groups in total. The quantitative estimate of drug-likeness (QED) is 0.299. The molecule has 0 saturated carbocycles. The fraction of sp³-hybridized carbons (Fsp3) is 0.500. The van der Waals surface area contributed by atoms with Crippen LogP contribution < -0.4 is 5.32 Å². The van der Waals surface area contributed by atoms with Crippen molar-refractivity contribution in [3.63, 3.8) is 0 Å². The number of amides is 1. The Morgan fingerprint density at radius 2 is 1.94 bits per heavy atom. The van der Waals surface area contributed by atoms with Crippen LogP contribution in [0.1, 0.15) is 26.3 Å². The van der Waals surface area contributed by atoms with Gasteiger partial charge in [-0.25, -0.2) is 9.59 Å². The van der Waals surface area contributed by atoms with Crippen LogP contribution in [0, 0.1) is 5.39 Å². The first-order valence-corrected chi connectivity index (χ1v) is 9.69. The lowest BCUT2D eigenvalue weighted by molar-refractivity contribution is -0.205. The predicted octanol–water partition coefficient (Wildman–Crippen LogP) is 2.34. The molecule has 1 aromatic rings. The normalized spacial score (nSPS) is 26.9. The van der Waals surface area contributed by atoms with Crippen LogP contribution in [0.2, 0.25) is 0 Å². The van der Waals surface area contributed by atoms with Crippen LogP contribution in [-0.4, -0.2) is 54.1 Å². The number of ether oxygens (including phenoxy) is 5. The largest absolute Gasteiger partial charge is 0.508 e. The number of aliphatic hydroxyl groups excluding tert-OH is 1. The van der Waals surface area contributed by atoms with E-state index in [9.17, 15) is 20.1 Å². The van der Waals surface area contributed by atoms with Crippen molar-refractivity contribution in [2.75, 3.05) is 6.61 Å². The molecule has 2 fully saturated rings. The molecule has 3 rings (SSSR count). The van der Waals surface area contributed by atoms with Crippen molar-refractivity contribution >= 4 is 12.1 Å². The molecule has 2 aliphatic heterocycles. The molecule has 2 saturated heterocycles. The van der Waals surface area contributed by atoms with Crippen LogP contribution in [0.4, 0.5) is 4.79 Å². The van der Waals surface area contributed by atoms with E-state index in [1.165, 1.54) is 0 Å². The summed E-state index contributed by atoms with van der Waals surface area (Å²) in [5.74, 6) is -2.80. The lowest BCUT2D eigenvalue weighted by Gasteiger charge is -2.25. The number of alkyl carbamates (subject to hydrolysis) is 1. The molecule has 0 radical (unpaired) electrons. The van der Waals surface area contributed by atoms with Gasteiger partial charge < -0.3 is 34.1 Å². The van der Waals surface area contributed by atoms with Crippen molar-refractivity contribution in [1.82, 2.24) is 5.32 Å². The van der Waals surface area contributed by atoms with Crippen LogP contribution in [0.5, 0.6) is 0 Å². The standard InChI is InChI=1S/C20H23N3O8/c1-4-27-17(25)12(23-21)14(24)15-13(16-18(29-15)31-20(2,3)30-16)22-19(26)28-10-11-8-6-5-7-9-11/h5-9,13,15-16,18H,4,10H2,1-3H3,(H-,22,24,25,26)/p+1/t13-,15-,16+,18+/m0/s1. The van der Waals surface area contributed by atoms with Gasteiger partial charge in [-0.15, -0.1) is 0 Å². The Kier molecular flexibility index (Phi) is 6.74. The second kappa shape index (κ2) is 9.30. The van der Waals surface area contributed by atoms with E-state index in [0.717, 1.165) is 5.56 Å². The number of esters is 1. The fourth-order valence-electron chi connectivity index (χ4n) is 3.33. The van der Waals surface area contributed by atoms with E-state index < -0.39 is 53.8 Å². The Morgan fingerprint density at radius 1 is 1.23 bits per heavy atom. The summed E-state index contributed by atoms with van der Waals surface area (Å²) in [4.78, 5) is 27.2. The monoisotopic (exact) mass is 434 g/mol. The molecule has 0 unspecified atom stereocenters. The number of rotatable bonds is 6. The smallest absolute Gasteiger partial charge is 0.503 e. The van der Waals surface area contributed by atoms with E-state index >= 15 is 0 Å². The van der Waals surface area contributed by atoms with Crippen molar-refractivity contribution in [2.24, 2.45) is 0 Å². The molecule has 31 heavy (non-hydrogen) atoms. The van der Waals surface area contributed by atoms with E-state index in [1.807, 2.05) is 18.2 Å². The van der Waals surface area contributed by atoms with Crippen molar-refractivity contribution in [3.8, 4) is 0 Å². The van der Waals surface area contributed by atoms with Gasteiger partial charge in [-0.05, 0) is 26.3 Å². The van der Waals surface area contributed by atoms with Gasteiger partial charge in [-0.3, -0.25) is 0 Å². The number of hydrogen-bond acceptors (Lipinski definition) is 9. The molecule has 4 atom stereocenters. The third kappa shape index (κ3) is 5.11. The number of aliphatic hydroxyl groups is 1. The van der Waals surface area contributed by atoms with Crippen molar-refractivity contribution in [3.05, 3.63) is 52.3 Å². The number of nitrogens with zero attached hydrogens (tertiary/aromatic N) is 2. The van der Waals surface area contributed by atoms with Gasteiger partial charge in [0, 0.05) is 0 Å². The second-order valence-electron chi connectivity index (χ2n) is 7.31. The number of carbonyl (C=O) groups is 2. The minimum Gasteiger partial charge on any atom is -0.503 e. The molecule has 0 spiro atoms. The maximum Gasteiger partial charge on any atom is 0.508 e. The predicted molar refractivity (Wildman–Crippen MR) is 104 cm³/mol. The SMILES string of the molecule is CCOC(=O)/C([N+]#N)=C(\O)[C@H]1O[C@@H]2OC(C)(C)O[C@@H]2[C@H]1NC(=O)OCc1ccccc1. The zero-order chi connectivity index (χ0) is 22.6. The molecule has 11 heteroatoms. The van der Waals surface area contributed by atoms with Crippen molar-refractivity contribution < 1.29 is 38.4 Å². The summed E-state index contributed by atoms with van der Waals surface area (Å²) in [6, 6.07) is 8.04. The minimum absolute atomic E-state index is 0.00416. The van der Waals surface area contributed by atoms with E-state index in [2.05, 4.69) is 10.3 Å². The Morgan fingerprint density at radius 3 is 2.58 bits per heavy atom. The number of carbonyl (C=O) groups excluding carboxylic acids is 2. The van der Waals surface area contributed by atoms with Crippen molar-refractivity contribution in [1.29, 1.82) is 5.39 Å². The van der Waals surface area contributed by atoms with Crippen LogP contribution in [-0.2, 0) is 35.1 Å². The highest BCUT2D eigenvalue weighted by molar-refractivity contribution is 5.91. The molecule has 1 aromatic carbocycles. The van der Waals surface area contributed by atoms with Gasteiger partial charge in [-0.1, -0.05) is 30.3 Å². The highest BCUT2D eigenvalue weighted by Crippen LogP contribution is 2.39. The third-order valence-electron chi connectivity index (χ3n) is 4.63. The molecule has 0 aromatic heterocycles. The Balaban J connectivity index is 1.79. The Bertz CT molecular complexity index is 895. The number of fused-ring (bicyclic) bond motifs is 1. The highest BCUT2D eigenvalue weighted by Gasteiger charge is 2.58. The highest BCUT2D eigenvalue weighted by atomic mass is 16.8. The Labute approximate surface area is 178 Å². The second-order valence-corrected chi connectivity index (χ2v) is 7.31. The van der Waals surface area contributed by atoms with E-state index in [-0.39, 0.29) is 13.2 Å². The van der Waals surface area contributed by atoms with Gasteiger partial charge in [-0.2, -0.15) is 0 Å². The average molecular weight is 434 g/mol. The zero-order valence-electron chi connectivity index (χ0n) is 17.3. The first kappa shape index (κ1) is 22.5. The van der Waals surface area contributed by atoms with Crippen LogP contribution in [0.3, 0.4) is 0 Å². The third-order valence-corrected chi connectivity index (χ3v) is 4.63. The number of hydrogen-bond donors (Lipinski definition) is 2. The number of nitrogens with one attached hydrogen (secondary N) is 1. The fourth-order valence-corrected chi connectivity index (χ4v) is 3.33. The summed E-state index contributed by atoms with van der Waals surface area (Å²) in [6.45, 7) is 4.89. The molecule has 0 aliphatic carbocycles. The first-order chi connectivity index (χ1) is 14.8. The average Bonchev–Trinajstić information content (AvgIpc) is 3.20. The van der Waals surface area contributed by atoms with Gasteiger partial charge in [0.2, 0.25) is 11.2 Å². The lowest BCUT2D eigenvalue weighted by atomic mass is 10.0. The van der Waals surface area contributed by atoms with Gasteiger partial charge in [0.05, 0.1) is 12.6 Å². The molecular weight excluding hydrogens is 410 g/mol. The molecular formula is C20H24N3O8+. The Hall–Kier alpha value is -3.20. The number of diazo groups is 1. The molecule has 166 valence electrons. The maximum atomic E-state index is 12.4. The summed E-state index contributed by atoms with van der Waals surface area (Å²) in [7, 11) is 0. The summed E-state index contributed by atoms with van der Waals surface area (Å²) >= 11 is 0. The van der Waals surface area contributed by atoms with Gasteiger partial charge in [0.15, 0.2) is 17.1 Å². The lowest BCUT2D eigenvalue weighted by Crippen LogP contribution is -2.49. The van der Waals surface area contributed by atoms with Gasteiger partial charge >= 0.3 is 17.8 Å². The molecule has 1 amide bonds. The van der Waals surface area contributed by atoms with Gasteiger partial charge in [0.25, 0.3) is 0 Å². The molecule has 2 heterocycles. The first-order valence-electron chi connectivity index (χ1n) is 9.69. The van der Waals surface area contributed by atoms with Crippen LogP contribution >= 0.6 is 0 Å². The van der Waals surface area contributed by atoms with E-state index in [4.69, 9.17) is 23.7 Å². The van der Waals surface area contributed by atoms with Crippen LogP contribution in [0.15, 0.2) is 41.8 Å². The van der Waals surface area contributed by atoms with E-state index in [0.29, 0.717) is 0 Å². The topological polar surface area (TPSA) is 141 Å². The maximum absolute atomic E-state index is 12.4. The van der Waals surface area contributed by atoms with E-state index in [1.54, 1.807) is 32.9 Å². The summed E-state index contributed by atoms with van der Waals surface area (Å²) < 4.78 is 27.1. The van der Waals surface area contributed by atoms with Crippen molar-refractivity contribution in [2.45, 2.75) is 57.7 Å². The number of benzene rings is 1. The molecule has 11 nitrogen and oxygen atoms in total. The zero-order valence-corrected chi connectivity index (χ0v) is 17.3. The minimum atomic E-state index is -1.31. The summed E-state index contributed by atoms with van der Waals surface area (Å²) in [5, 5.41) is 22.4. The summed E-state index contributed by atoms with van der Waals surface area (Å²) in [6.07, 6.45) is -3.90. The molecule has 0 bridgehead atoms. The van der Waals surface area contributed by atoms with Crippen LogP contribution in [0.25, 0.3) is 4.98 Å². The molecule has 2 aliphatic rings. The summed E-state index contributed by atoms with van der Waals surface area (Å²) in [5.41, 5.74) is 0.0262. The van der Waals surface area contributed by atoms with Gasteiger partial charge in [0.1, 0.15) is 18.8 Å².